The minimum atomic E-state index is -0.904. The van der Waals surface area contributed by atoms with Crippen molar-refractivity contribution in [3.63, 3.8) is 0 Å². The number of nitrogens with zero attached hydrogens (tertiary/aromatic N) is 2. The summed E-state index contributed by atoms with van der Waals surface area (Å²) in [5.74, 6) is 1.51. The lowest BCUT2D eigenvalue weighted by Gasteiger charge is -2.17. The van der Waals surface area contributed by atoms with Crippen LogP contribution in [0.3, 0.4) is 0 Å². The van der Waals surface area contributed by atoms with Gasteiger partial charge in [-0.3, -0.25) is 4.57 Å². The SMILES string of the molecule is COc1cccc(OC)c1-c1cccc(-n2cnc3cc(C(C)(C)O)ccc32)c1. The predicted molar refractivity (Wildman–Crippen MR) is 115 cm³/mol. The van der Waals surface area contributed by atoms with Gasteiger partial charge in [-0.05, 0) is 61.4 Å². The third-order valence-corrected chi connectivity index (χ3v) is 5.09. The number of fused-ring (bicyclic) bond motifs is 1. The maximum absolute atomic E-state index is 10.3. The molecule has 0 aliphatic heterocycles. The van der Waals surface area contributed by atoms with Crippen LogP contribution in [0.15, 0.2) is 67.0 Å². The smallest absolute Gasteiger partial charge is 0.130 e. The topological polar surface area (TPSA) is 56.5 Å². The van der Waals surface area contributed by atoms with Gasteiger partial charge in [-0.2, -0.15) is 0 Å². The van der Waals surface area contributed by atoms with Gasteiger partial charge in [0.2, 0.25) is 0 Å². The molecule has 29 heavy (non-hydrogen) atoms. The molecule has 0 spiro atoms. The molecule has 3 aromatic carbocycles. The number of rotatable bonds is 5. The zero-order chi connectivity index (χ0) is 20.6. The van der Waals surface area contributed by atoms with E-state index < -0.39 is 5.60 Å². The maximum atomic E-state index is 10.3. The molecule has 0 amide bonds. The number of methoxy groups -OCH3 is 2. The quantitative estimate of drug-likeness (QED) is 0.526. The Labute approximate surface area is 170 Å². The molecular formula is C24H24N2O3. The molecule has 0 radical (unpaired) electrons. The van der Waals surface area contributed by atoms with Crippen molar-refractivity contribution < 1.29 is 14.6 Å². The lowest BCUT2D eigenvalue weighted by molar-refractivity contribution is 0.0787. The molecule has 0 saturated carbocycles. The number of benzene rings is 3. The van der Waals surface area contributed by atoms with E-state index in [4.69, 9.17) is 9.47 Å². The van der Waals surface area contributed by atoms with E-state index in [2.05, 4.69) is 11.1 Å². The number of aromatic nitrogens is 2. The lowest BCUT2D eigenvalue weighted by Crippen LogP contribution is -2.15. The van der Waals surface area contributed by atoms with Crippen LogP contribution in [-0.4, -0.2) is 28.9 Å². The first kappa shape index (κ1) is 19.0. The molecule has 0 bridgehead atoms. The lowest BCUT2D eigenvalue weighted by atomic mass is 9.98. The minimum Gasteiger partial charge on any atom is -0.496 e. The molecule has 0 saturated heterocycles. The molecule has 4 aromatic rings. The van der Waals surface area contributed by atoms with Crippen LogP contribution >= 0.6 is 0 Å². The second-order valence-corrected chi connectivity index (χ2v) is 7.46. The average Bonchev–Trinajstić information content (AvgIpc) is 3.16. The summed E-state index contributed by atoms with van der Waals surface area (Å²) in [6.07, 6.45) is 1.80. The van der Waals surface area contributed by atoms with Gasteiger partial charge in [0.15, 0.2) is 0 Å². The summed E-state index contributed by atoms with van der Waals surface area (Å²) >= 11 is 0. The summed E-state index contributed by atoms with van der Waals surface area (Å²) in [7, 11) is 3.32. The zero-order valence-electron chi connectivity index (χ0n) is 17.0. The first-order chi connectivity index (χ1) is 13.9. The third-order valence-electron chi connectivity index (χ3n) is 5.09. The van der Waals surface area contributed by atoms with Crippen molar-refractivity contribution in [1.82, 2.24) is 9.55 Å². The Kier molecular flexibility index (Phi) is 4.76. The summed E-state index contributed by atoms with van der Waals surface area (Å²) in [5.41, 5.74) is 4.63. The maximum Gasteiger partial charge on any atom is 0.130 e. The fraction of sp³-hybridized carbons (Fsp3) is 0.208. The monoisotopic (exact) mass is 388 g/mol. The average molecular weight is 388 g/mol. The standard InChI is InChI=1S/C24H24N2O3/c1-24(2,27)17-11-12-20-19(14-17)25-15-26(20)18-8-5-7-16(13-18)23-21(28-3)9-6-10-22(23)29-4/h5-15,27H,1-4H3. The van der Waals surface area contributed by atoms with E-state index in [0.717, 1.165) is 44.9 Å². The molecule has 1 heterocycles. The van der Waals surface area contributed by atoms with Crippen molar-refractivity contribution in [3.05, 3.63) is 72.6 Å². The Morgan fingerprint density at radius 2 is 1.59 bits per heavy atom. The number of ether oxygens (including phenoxy) is 2. The minimum absolute atomic E-state index is 0.756. The Hall–Kier alpha value is -3.31. The first-order valence-corrected chi connectivity index (χ1v) is 9.44. The van der Waals surface area contributed by atoms with Crippen molar-refractivity contribution >= 4 is 11.0 Å². The van der Waals surface area contributed by atoms with Gasteiger partial charge in [-0.25, -0.2) is 4.98 Å². The second kappa shape index (κ2) is 7.26. The van der Waals surface area contributed by atoms with Crippen LogP contribution in [0.25, 0.3) is 27.8 Å². The highest BCUT2D eigenvalue weighted by atomic mass is 16.5. The van der Waals surface area contributed by atoms with Crippen molar-refractivity contribution in [2.45, 2.75) is 19.4 Å². The van der Waals surface area contributed by atoms with Gasteiger partial charge in [0.05, 0.1) is 36.4 Å². The van der Waals surface area contributed by atoms with Gasteiger partial charge < -0.3 is 14.6 Å². The fourth-order valence-corrected chi connectivity index (χ4v) is 3.55. The van der Waals surface area contributed by atoms with Crippen LogP contribution in [-0.2, 0) is 5.60 Å². The molecular weight excluding hydrogens is 364 g/mol. The molecule has 1 aromatic heterocycles. The van der Waals surface area contributed by atoms with Crippen LogP contribution in [0.5, 0.6) is 11.5 Å². The highest BCUT2D eigenvalue weighted by Crippen LogP contribution is 2.39. The highest BCUT2D eigenvalue weighted by molar-refractivity contribution is 5.81. The van der Waals surface area contributed by atoms with Crippen LogP contribution in [0.2, 0.25) is 0 Å². The summed E-state index contributed by atoms with van der Waals surface area (Å²) < 4.78 is 13.2. The van der Waals surface area contributed by atoms with Crippen LogP contribution < -0.4 is 9.47 Å². The molecule has 0 unspecified atom stereocenters. The number of hydrogen-bond donors (Lipinski definition) is 1. The number of imidazole rings is 1. The summed E-state index contributed by atoms with van der Waals surface area (Å²) in [4.78, 5) is 4.54. The van der Waals surface area contributed by atoms with E-state index in [1.165, 1.54) is 0 Å². The van der Waals surface area contributed by atoms with Gasteiger partial charge in [-0.15, -0.1) is 0 Å². The largest absolute Gasteiger partial charge is 0.496 e. The molecule has 1 N–H and O–H groups in total. The van der Waals surface area contributed by atoms with E-state index in [-0.39, 0.29) is 0 Å². The highest BCUT2D eigenvalue weighted by Gasteiger charge is 2.18. The van der Waals surface area contributed by atoms with E-state index >= 15 is 0 Å². The van der Waals surface area contributed by atoms with Crippen LogP contribution in [0.4, 0.5) is 0 Å². The molecule has 5 nitrogen and oxygen atoms in total. The molecule has 148 valence electrons. The molecule has 0 fully saturated rings. The summed E-state index contributed by atoms with van der Waals surface area (Å²) in [5, 5.41) is 10.3. The van der Waals surface area contributed by atoms with Gasteiger partial charge in [0.1, 0.15) is 17.8 Å². The normalized spacial score (nSPS) is 11.6. The summed E-state index contributed by atoms with van der Waals surface area (Å²) in [6, 6.07) is 19.8. The molecule has 4 rings (SSSR count). The van der Waals surface area contributed by atoms with E-state index in [1.54, 1.807) is 34.4 Å². The predicted octanol–water partition coefficient (Wildman–Crippen LogP) is 4.94. The summed E-state index contributed by atoms with van der Waals surface area (Å²) in [6.45, 7) is 3.55. The Balaban J connectivity index is 1.84. The van der Waals surface area contributed by atoms with Crippen molar-refractivity contribution in [2.24, 2.45) is 0 Å². The molecule has 0 aliphatic carbocycles. The van der Waals surface area contributed by atoms with E-state index in [1.807, 2.05) is 59.2 Å². The Morgan fingerprint density at radius 3 is 2.24 bits per heavy atom. The zero-order valence-corrected chi connectivity index (χ0v) is 17.0. The third kappa shape index (κ3) is 3.45. The van der Waals surface area contributed by atoms with Gasteiger partial charge in [-0.1, -0.05) is 24.3 Å². The van der Waals surface area contributed by atoms with Crippen LogP contribution in [0.1, 0.15) is 19.4 Å². The van der Waals surface area contributed by atoms with Crippen molar-refractivity contribution in [1.29, 1.82) is 0 Å². The number of hydrogen-bond acceptors (Lipinski definition) is 4. The molecule has 5 heteroatoms. The fourth-order valence-electron chi connectivity index (χ4n) is 3.55. The van der Waals surface area contributed by atoms with Crippen LogP contribution in [0, 0.1) is 0 Å². The van der Waals surface area contributed by atoms with E-state index in [9.17, 15) is 5.11 Å². The molecule has 0 aliphatic rings. The van der Waals surface area contributed by atoms with Gasteiger partial charge in [0.25, 0.3) is 0 Å². The van der Waals surface area contributed by atoms with E-state index in [0.29, 0.717) is 0 Å². The Morgan fingerprint density at radius 1 is 0.897 bits per heavy atom. The van der Waals surface area contributed by atoms with Crippen molar-refractivity contribution in [2.75, 3.05) is 14.2 Å². The second-order valence-electron chi connectivity index (χ2n) is 7.46. The Bertz CT molecular complexity index is 1150. The van der Waals surface area contributed by atoms with Gasteiger partial charge in [0, 0.05) is 5.69 Å². The van der Waals surface area contributed by atoms with Crippen molar-refractivity contribution in [3.8, 4) is 28.3 Å². The molecule has 0 atom stereocenters. The van der Waals surface area contributed by atoms with Gasteiger partial charge >= 0.3 is 0 Å². The first-order valence-electron chi connectivity index (χ1n) is 9.44. The number of aliphatic hydroxyl groups is 1.